The lowest BCUT2D eigenvalue weighted by atomic mass is 10.2. The van der Waals surface area contributed by atoms with Crippen LogP contribution in [0.5, 0.6) is 0 Å². The molecule has 0 saturated carbocycles. The van der Waals surface area contributed by atoms with E-state index in [1.54, 1.807) is 6.08 Å². The van der Waals surface area contributed by atoms with E-state index in [1.807, 2.05) is 0 Å². The number of thioether (sulfide) groups is 1. The first kappa shape index (κ1) is 20.4. The second-order valence-corrected chi connectivity index (χ2v) is 7.90. The van der Waals surface area contributed by atoms with Crippen LogP contribution in [0.2, 0.25) is 5.02 Å². The summed E-state index contributed by atoms with van der Waals surface area (Å²) in [5.41, 5.74) is -1.70. The third-order valence-corrected chi connectivity index (χ3v) is 5.52. The number of aromatic nitrogens is 4. The van der Waals surface area contributed by atoms with Gasteiger partial charge in [0.2, 0.25) is 5.13 Å². The number of carbonyl (C=O) groups excluding carboxylic acids is 1. The van der Waals surface area contributed by atoms with Gasteiger partial charge in [-0.3, -0.25) is 10.1 Å². The molecule has 0 spiro atoms. The van der Waals surface area contributed by atoms with Crippen molar-refractivity contribution in [3.05, 3.63) is 59.4 Å². The minimum Gasteiger partial charge on any atom is -0.296 e. The molecule has 0 aliphatic carbocycles. The molecule has 0 aliphatic heterocycles. The van der Waals surface area contributed by atoms with E-state index in [-0.39, 0.29) is 10.8 Å². The van der Waals surface area contributed by atoms with Crippen LogP contribution in [0, 0.1) is 0 Å². The molecule has 28 heavy (non-hydrogen) atoms. The molecule has 0 radical (unpaired) electrons. The molecule has 0 atom stereocenters. The molecule has 0 bridgehead atoms. The van der Waals surface area contributed by atoms with Crippen molar-refractivity contribution >= 4 is 45.7 Å². The Balaban J connectivity index is 1.90. The Morgan fingerprint density at radius 1 is 1.32 bits per heavy atom. The van der Waals surface area contributed by atoms with Gasteiger partial charge in [0, 0.05) is 10.8 Å². The normalized spacial score (nSPS) is 11.4. The van der Waals surface area contributed by atoms with E-state index in [1.165, 1.54) is 36.0 Å². The van der Waals surface area contributed by atoms with E-state index >= 15 is 0 Å². The molecule has 3 aromatic rings. The summed E-state index contributed by atoms with van der Waals surface area (Å²) in [6.07, 6.45) is -2.28. The van der Waals surface area contributed by atoms with Gasteiger partial charge in [0.1, 0.15) is 0 Å². The van der Waals surface area contributed by atoms with E-state index in [4.69, 9.17) is 11.6 Å². The van der Waals surface area contributed by atoms with Crippen LogP contribution in [-0.2, 0) is 6.18 Å². The standard InChI is InChI=1S/C16H11ClF3N5OS2/c1-2-7-27-15-24-23-14(28-15)22-13(26)11-8-21-25(12(11)16(18,19)20)10-5-3-9(17)4-6-10/h2-6,8H,1,7H2,(H,22,23,26). The highest BCUT2D eigenvalue weighted by molar-refractivity contribution is 8.01. The number of nitrogens with zero attached hydrogens (tertiary/aromatic N) is 4. The fourth-order valence-corrected chi connectivity index (χ4v) is 3.81. The lowest BCUT2D eigenvalue weighted by Gasteiger charge is -2.12. The molecule has 0 unspecified atom stereocenters. The van der Waals surface area contributed by atoms with Crippen LogP contribution >= 0.6 is 34.7 Å². The highest BCUT2D eigenvalue weighted by Crippen LogP contribution is 2.34. The number of anilines is 1. The van der Waals surface area contributed by atoms with Crippen LogP contribution in [-0.4, -0.2) is 31.6 Å². The highest BCUT2D eigenvalue weighted by Gasteiger charge is 2.40. The summed E-state index contributed by atoms with van der Waals surface area (Å²) < 4.78 is 42.1. The lowest BCUT2D eigenvalue weighted by molar-refractivity contribution is -0.143. The monoisotopic (exact) mass is 445 g/mol. The molecular weight excluding hydrogens is 435 g/mol. The van der Waals surface area contributed by atoms with Gasteiger partial charge in [-0.1, -0.05) is 40.8 Å². The average molecular weight is 446 g/mol. The van der Waals surface area contributed by atoms with Crippen LogP contribution in [0.15, 0.2) is 47.5 Å². The van der Waals surface area contributed by atoms with Gasteiger partial charge in [-0.05, 0) is 24.3 Å². The van der Waals surface area contributed by atoms with Crippen molar-refractivity contribution in [2.45, 2.75) is 10.5 Å². The van der Waals surface area contributed by atoms with Gasteiger partial charge in [0.15, 0.2) is 10.0 Å². The second kappa shape index (κ2) is 8.33. The summed E-state index contributed by atoms with van der Waals surface area (Å²) in [5.74, 6) is -0.391. The smallest absolute Gasteiger partial charge is 0.296 e. The van der Waals surface area contributed by atoms with E-state index in [2.05, 4.69) is 27.2 Å². The number of hydrogen-bond acceptors (Lipinski definition) is 6. The van der Waals surface area contributed by atoms with Gasteiger partial charge in [-0.15, -0.1) is 16.8 Å². The van der Waals surface area contributed by atoms with Crippen LogP contribution in [0.25, 0.3) is 5.69 Å². The van der Waals surface area contributed by atoms with Crippen molar-refractivity contribution in [2.75, 3.05) is 11.1 Å². The maximum absolute atomic E-state index is 13.6. The van der Waals surface area contributed by atoms with Crippen molar-refractivity contribution in [3.63, 3.8) is 0 Å². The summed E-state index contributed by atoms with van der Waals surface area (Å²) in [7, 11) is 0. The number of halogens is 4. The van der Waals surface area contributed by atoms with Crippen LogP contribution in [0.1, 0.15) is 16.1 Å². The number of hydrogen-bond donors (Lipinski definition) is 1. The lowest BCUT2D eigenvalue weighted by Crippen LogP contribution is -2.20. The second-order valence-electron chi connectivity index (χ2n) is 5.22. The maximum atomic E-state index is 13.6. The molecular formula is C16H11ClF3N5OS2. The summed E-state index contributed by atoms with van der Waals surface area (Å²) in [6, 6.07) is 5.62. The number of carbonyl (C=O) groups is 1. The Morgan fingerprint density at radius 2 is 2.04 bits per heavy atom. The SMILES string of the molecule is C=CCSc1nnc(NC(=O)c2cnn(-c3ccc(Cl)cc3)c2C(F)(F)F)s1. The van der Waals surface area contributed by atoms with Gasteiger partial charge in [-0.2, -0.15) is 18.3 Å². The molecule has 1 aromatic carbocycles. The van der Waals surface area contributed by atoms with Crippen molar-refractivity contribution in [3.8, 4) is 5.69 Å². The van der Waals surface area contributed by atoms with Crippen LogP contribution < -0.4 is 5.32 Å². The predicted octanol–water partition coefficient (Wildman–Crippen LogP) is 4.93. The Hall–Kier alpha value is -2.37. The Labute approximate surface area is 170 Å². The van der Waals surface area contributed by atoms with Crippen molar-refractivity contribution in [1.29, 1.82) is 0 Å². The molecule has 0 saturated heterocycles. The zero-order valence-corrected chi connectivity index (χ0v) is 16.3. The first-order valence-corrected chi connectivity index (χ1v) is 9.77. The minimum absolute atomic E-state index is 0.0870. The molecule has 1 N–H and O–H groups in total. The van der Waals surface area contributed by atoms with Crippen LogP contribution in [0.3, 0.4) is 0 Å². The number of alkyl halides is 3. The van der Waals surface area contributed by atoms with E-state index in [0.29, 0.717) is 19.8 Å². The van der Waals surface area contributed by atoms with Gasteiger partial charge < -0.3 is 0 Å². The van der Waals surface area contributed by atoms with E-state index in [9.17, 15) is 18.0 Å². The molecule has 2 heterocycles. The highest BCUT2D eigenvalue weighted by atomic mass is 35.5. The zero-order chi connectivity index (χ0) is 20.3. The van der Waals surface area contributed by atoms with Gasteiger partial charge in [-0.25, -0.2) is 4.68 Å². The average Bonchev–Trinajstić information content (AvgIpc) is 3.27. The summed E-state index contributed by atoms with van der Waals surface area (Å²) in [5, 5.41) is 14.1. The molecule has 6 nitrogen and oxygen atoms in total. The Morgan fingerprint density at radius 3 is 2.68 bits per heavy atom. The molecule has 0 fully saturated rings. The molecule has 0 aliphatic rings. The fraction of sp³-hybridized carbons (Fsp3) is 0.125. The predicted molar refractivity (Wildman–Crippen MR) is 102 cm³/mol. The zero-order valence-electron chi connectivity index (χ0n) is 13.9. The van der Waals surface area contributed by atoms with E-state index in [0.717, 1.165) is 17.5 Å². The fourth-order valence-electron chi connectivity index (χ4n) is 2.18. The third kappa shape index (κ3) is 4.54. The molecule has 2 aromatic heterocycles. The Kier molecular flexibility index (Phi) is 6.06. The number of rotatable bonds is 6. The van der Waals surface area contributed by atoms with Crippen molar-refractivity contribution < 1.29 is 18.0 Å². The number of amides is 1. The van der Waals surface area contributed by atoms with Crippen LogP contribution in [0.4, 0.5) is 18.3 Å². The largest absolute Gasteiger partial charge is 0.434 e. The Bertz CT molecular complexity index is 1000. The van der Waals surface area contributed by atoms with E-state index < -0.39 is 23.3 Å². The number of benzene rings is 1. The summed E-state index contributed by atoms with van der Waals surface area (Å²) >= 11 is 8.17. The molecule has 12 heteroatoms. The summed E-state index contributed by atoms with van der Waals surface area (Å²) in [6.45, 7) is 3.58. The first-order valence-electron chi connectivity index (χ1n) is 7.59. The molecule has 1 amide bonds. The molecule has 146 valence electrons. The topological polar surface area (TPSA) is 72.7 Å². The summed E-state index contributed by atoms with van der Waals surface area (Å²) in [4.78, 5) is 12.4. The number of nitrogens with one attached hydrogen (secondary N) is 1. The van der Waals surface area contributed by atoms with Crippen molar-refractivity contribution in [1.82, 2.24) is 20.0 Å². The minimum atomic E-state index is -4.81. The first-order chi connectivity index (χ1) is 13.3. The third-order valence-electron chi connectivity index (χ3n) is 3.31. The van der Waals surface area contributed by atoms with Gasteiger partial charge >= 0.3 is 6.18 Å². The van der Waals surface area contributed by atoms with Gasteiger partial charge in [0.25, 0.3) is 5.91 Å². The van der Waals surface area contributed by atoms with Gasteiger partial charge in [0.05, 0.1) is 17.4 Å². The maximum Gasteiger partial charge on any atom is 0.434 e. The molecule has 3 rings (SSSR count). The van der Waals surface area contributed by atoms with Crippen molar-refractivity contribution in [2.24, 2.45) is 0 Å². The quantitative estimate of drug-likeness (QED) is 0.331.